The van der Waals surface area contributed by atoms with E-state index in [0.29, 0.717) is 25.4 Å². The Morgan fingerprint density at radius 1 is 0.842 bits per heavy atom. The third-order valence-electron chi connectivity index (χ3n) is 2.28. The minimum atomic E-state index is -2.59. The highest BCUT2D eigenvalue weighted by Crippen LogP contribution is 2.64. The van der Waals surface area contributed by atoms with E-state index in [9.17, 15) is 8.78 Å². The summed E-state index contributed by atoms with van der Waals surface area (Å²) in [7, 11) is -2.59. The maximum atomic E-state index is 13.2. The summed E-state index contributed by atoms with van der Waals surface area (Å²) in [5, 5.41) is 0. The highest BCUT2D eigenvalue weighted by Gasteiger charge is 2.44. The van der Waals surface area contributed by atoms with Gasteiger partial charge in [-0.2, -0.15) is 13.6 Å². The van der Waals surface area contributed by atoms with Gasteiger partial charge in [0.05, 0.1) is 19.8 Å². The van der Waals surface area contributed by atoms with Crippen LogP contribution in [0, 0.1) is 11.6 Å². The second-order valence-electron chi connectivity index (χ2n) is 3.80. The smallest absolute Gasteiger partial charge is 0.207 e. The molecule has 19 heavy (non-hydrogen) atoms. The normalized spacial score (nSPS) is 11.8. The third kappa shape index (κ3) is 5.11. The van der Waals surface area contributed by atoms with Crippen LogP contribution in [0.5, 0.6) is 0 Å². The van der Waals surface area contributed by atoms with Crippen LogP contribution >= 0.6 is 7.94 Å². The first-order valence-electron chi connectivity index (χ1n) is 6.31. The number of halogens is 2. The Morgan fingerprint density at radius 3 is 1.63 bits per heavy atom. The van der Waals surface area contributed by atoms with Gasteiger partial charge >= 0.3 is 7.94 Å². The van der Waals surface area contributed by atoms with E-state index in [2.05, 4.69) is 0 Å². The van der Waals surface area contributed by atoms with Crippen LogP contribution in [-0.2, 0) is 19.7 Å². The van der Waals surface area contributed by atoms with E-state index in [1.165, 1.54) is 12.1 Å². The maximum Gasteiger partial charge on any atom is 0.416 e. The molecule has 0 spiro atoms. The molecule has 1 aromatic rings. The van der Waals surface area contributed by atoms with Gasteiger partial charge in [0.15, 0.2) is 6.16 Å². The molecule has 0 saturated heterocycles. The van der Waals surface area contributed by atoms with Crippen LogP contribution < -0.4 is 0 Å². The fourth-order valence-electron chi connectivity index (χ4n) is 1.76. The van der Waals surface area contributed by atoms with E-state index in [1.54, 1.807) is 0 Å². The third-order valence-corrected chi connectivity index (χ3v) is 4.98. The molecule has 0 aliphatic rings. The van der Waals surface area contributed by atoms with Crippen molar-refractivity contribution in [3.05, 3.63) is 35.4 Å². The molecule has 0 unspecified atom stereocenters. The molecule has 0 bridgehead atoms. The average molecular weight is 293 g/mol. The summed E-state index contributed by atoms with van der Waals surface area (Å²) >= 11 is 0. The molecule has 1 rings (SSSR count). The number of hydrogen-bond acceptors (Lipinski definition) is 3. The predicted molar refractivity (Wildman–Crippen MR) is 71.9 cm³/mol. The molecule has 108 valence electrons. The molecule has 0 aromatic heterocycles. The summed E-state index contributed by atoms with van der Waals surface area (Å²) < 4.78 is 43.3. The first kappa shape index (κ1) is 16.4. The van der Waals surface area contributed by atoms with Gasteiger partial charge in [-0.15, -0.1) is 0 Å². The second kappa shape index (κ2) is 7.85. The van der Waals surface area contributed by atoms with E-state index in [-0.39, 0.29) is 6.16 Å². The van der Waals surface area contributed by atoms with Crippen molar-refractivity contribution in [2.45, 2.75) is 26.9 Å². The monoisotopic (exact) mass is 293 g/mol. The van der Waals surface area contributed by atoms with Crippen LogP contribution in [0.4, 0.5) is 8.78 Å². The largest absolute Gasteiger partial charge is 0.416 e. The van der Waals surface area contributed by atoms with Crippen LogP contribution in [0.15, 0.2) is 18.2 Å². The van der Waals surface area contributed by atoms with Gasteiger partial charge in [-0.25, -0.2) is 8.78 Å². The number of benzene rings is 1. The Balaban J connectivity index is 2.96. The number of rotatable bonds is 8. The summed E-state index contributed by atoms with van der Waals surface area (Å²) in [6.07, 6.45) is 0.233. The molecule has 0 aliphatic heterocycles. The minimum Gasteiger partial charge on any atom is -0.207 e. The average Bonchev–Trinajstić information content (AvgIpc) is 2.28. The van der Waals surface area contributed by atoms with Gasteiger partial charge in [-0.05, 0) is 32.9 Å². The van der Waals surface area contributed by atoms with Gasteiger partial charge in [-0.3, -0.25) is 0 Å². The maximum absolute atomic E-state index is 13.2. The Bertz CT molecular complexity index is 364. The lowest BCUT2D eigenvalue weighted by molar-refractivity contribution is 0.149. The molecular formula is C13H20F2O3P+. The molecule has 6 heteroatoms. The molecule has 0 saturated carbocycles. The van der Waals surface area contributed by atoms with E-state index in [1.807, 2.05) is 20.8 Å². The van der Waals surface area contributed by atoms with Gasteiger partial charge < -0.3 is 0 Å². The molecular weight excluding hydrogens is 273 g/mol. The van der Waals surface area contributed by atoms with Crippen LogP contribution in [0.3, 0.4) is 0 Å². The van der Waals surface area contributed by atoms with Crippen LogP contribution in [0.1, 0.15) is 26.3 Å². The molecule has 1 aromatic carbocycles. The molecule has 0 radical (unpaired) electrons. The summed E-state index contributed by atoms with van der Waals surface area (Å²) in [4.78, 5) is 0. The zero-order valence-corrected chi connectivity index (χ0v) is 12.4. The van der Waals surface area contributed by atoms with E-state index >= 15 is 0 Å². The van der Waals surface area contributed by atoms with Crippen molar-refractivity contribution in [2.24, 2.45) is 0 Å². The molecule has 0 aliphatic carbocycles. The highest BCUT2D eigenvalue weighted by atomic mass is 31.2. The predicted octanol–water partition coefficient (Wildman–Crippen LogP) is 4.34. The first-order chi connectivity index (χ1) is 9.05. The Labute approximate surface area is 113 Å². The lowest BCUT2D eigenvalue weighted by Crippen LogP contribution is -2.10. The number of hydrogen-bond donors (Lipinski definition) is 0. The van der Waals surface area contributed by atoms with Gasteiger partial charge in [0.25, 0.3) is 0 Å². The summed E-state index contributed by atoms with van der Waals surface area (Å²) in [5.41, 5.74) is 0.473. The molecule has 3 nitrogen and oxygen atoms in total. The molecule has 0 heterocycles. The zero-order valence-electron chi connectivity index (χ0n) is 11.5. The van der Waals surface area contributed by atoms with Crippen molar-refractivity contribution in [1.82, 2.24) is 0 Å². The van der Waals surface area contributed by atoms with Gasteiger partial charge in [0.2, 0.25) is 0 Å². The van der Waals surface area contributed by atoms with Gasteiger partial charge in [-0.1, -0.05) is 0 Å². The van der Waals surface area contributed by atoms with Crippen molar-refractivity contribution >= 4 is 7.94 Å². The SMILES string of the molecule is CCO[P+](Cc1cc(F)cc(F)c1)(OCC)OCC. The fraction of sp³-hybridized carbons (Fsp3) is 0.538. The summed E-state index contributed by atoms with van der Waals surface area (Å²) in [6.45, 7) is 6.76. The molecule has 0 atom stereocenters. The van der Waals surface area contributed by atoms with Crippen LogP contribution in [-0.4, -0.2) is 19.8 Å². The lowest BCUT2D eigenvalue weighted by Gasteiger charge is -2.21. The molecule has 0 fully saturated rings. The standard InChI is InChI=1S/C13H20F2O3P/c1-4-16-19(17-5-2,18-6-3)10-11-7-12(14)9-13(15)8-11/h7-9H,4-6,10H2,1-3H3/q+1. The fourth-order valence-corrected chi connectivity index (χ4v) is 4.07. The molecule has 0 amide bonds. The quantitative estimate of drug-likeness (QED) is 0.667. The van der Waals surface area contributed by atoms with E-state index < -0.39 is 19.6 Å². The topological polar surface area (TPSA) is 27.7 Å². The minimum absolute atomic E-state index is 0.233. The second-order valence-corrected chi connectivity index (χ2v) is 6.11. The van der Waals surface area contributed by atoms with Crippen LogP contribution in [0.25, 0.3) is 0 Å². The van der Waals surface area contributed by atoms with Crippen molar-refractivity contribution in [3.8, 4) is 0 Å². The van der Waals surface area contributed by atoms with Crippen molar-refractivity contribution in [3.63, 3.8) is 0 Å². The van der Waals surface area contributed by atoms with Crippen molar-refractivity contribution < 1.29 is 22.4 Å². The Kier molecular flexibility index (Phi) is 6.80. The highest BCUT2D eigenvalue weighted by molar-refractivity contribution is 7.60. The summed E-state index contributed by atoms with van der Waals surface area (Å²) in [6, 6.07) is 3.38. The van der Waals surface area contributed by atoms with E-state index in [0.717, 1.165) is 6.07 Å². The zero-order chi connectivity index (χ0) is 14.3. The lowest BCUT2D eigenvalue weighted by atomic mass is 10.2. The Morgan fingerprint density at radius 2 is 1.26 bits per heavy atom. The van der Waals surface area contributed by atoms with E-state index in [4.69, 9.17) is 13.6 Å². The van der Waals surface area contributed by atoms with Crippen molar-refractivity contribution in [1.29, 1.82) is 0 Å². The van der Waals surface area contributed by atoms with Gasteiger partial charge in [0, 0.05) is 11.6 Å². The molecule has 0 N–H and O–H groups in total. The van der Waals surface area contributed by atoms with Crippen molar-refractivity contribution in [2.75, 3.05) is 19.8 Å². The first-order valence-corrected chi connectivity index (χ1v) is 8.04. The van der Waals surface area contributed by atoms with Gasteiger partial charge in [0.1, 0.15) is 11.6 Å². The summed E-state index contributed by atoms with van der Waals surface area (Å²) in [5.74, 6) is -1.23. The van der Waals surface area contributed by atoms with Crippen LogP contribution in [0.2, 0.25) is 0 Å². The Hall–Kier alpha value is -0.610.